The van der Waals surface area contributed by atoms with Crippen LogP contribution in [0, 0.1) is 5.82 Å². The molecule has 6 nitrogen and oxygen atoms in total. The van der Waals surface area contributed by atoms with Crippen LogP contribution >= 0.6 is 0 Å². The van der Waals surface area contributed by atoms with Crippen molar-refractivity contribution in [1.82, 2.24) is 0 Å². The minimum Gasteiger partial charge on any atom is -0.450 e. The number of amides is 1. The van der Waals surface area contributed by atoms with Gasteiger partial charge in [0.05, 0.1) is 5.69 Å². The van der Waals surface area contributed by atoms with Crippen molar-refractivity contribution in [2.24, 2.45) is 0 Å². The van der Waals surface area contributed by atoms with Gasteiger partial charge in [-0.2, -0.15) is 0 Å². The average molecular weight is 381 g/mol. The minimum atomic E-state index is -0.824. The summed E-state index contributed by atoms with van der Waals surface area (Å²) in [4.78, 5) is 35.2. The van der Waals surface area contributed by atoms with E-state index in [0.29, 0.717) is 16.9 Å². The van der Waals surface area contributed by atoms with E-state index < -0.39 is 24.3 Å². The zero-order valence-electron chi connectivity index (χ0n) is 14.9. The molecule has 3 aromatic rings. The van der Waals surface area contributed by atoms with Gasteiger partial charge >= 0.3 is 5.97 Å². The first-order valence-corrected chi connectivity index (χ1v) is 8.37. The van der Waals surface area contributed by atoms with Crippen molar-refractivity contribution < 1.29 is 27.9 Å². The highest BCUT2D eigenvalue weighted by molar-refractivity contribution is 5.95. The second-order valence-corrected chi connectivity index (χ2v) is 5.90. The van der Waals surface area contributed by atoms with Crippen LogP contribution in [-0.2, 0) is 9.53 Å². The van der Waals surface area contributed by atoms with Gasteiger partial charge in [-0.3, -0.25) is 9.59 Å². The number of nitrogens with one attached hydrogen (secondary N) is 1. The van der Waals surface area contributed by atoms with E-state index in [1.165, 1.54) is 31.2 Å². The van der Waals surface area contributed by atoms with E-state index >= 15 is 0 Å². The highest BCUT2D eigenvalue weighted by Gasteiger charge is 2.16. The second kappa shape index (κ2) is 8.30. The number of ether oxygens (including phenoxy) is 1. The Morgan fingerprint density at radius 2 is 1.71 bits per heavy atom. The van der Waals surface area contributed by atoms with Gasteiger partial charge in [0.25, 0.3) is 5.91 Å². The van der Waals surface area contributed by atoms with E-state index in [-0.39, 0.29) is 17.2 Å². The first kappa shape index (κ1) is 19.0. The first-order valence-electron chi connectivity index (χ1n) is 8.37. The summed E-state index contributed by atoms with van der Waals surface area (Å²) in [6, 6.07) is 15.4. The standard InChI is InChI=1S/C21H16FNO5/c1-13(24)14-6-8-15(9-7-14)18-10-11-19(28-18)21(26)27-12-20(25)23-17-5-3-2-4-16(17)22/h2-11H,12H2,1H3,(H,23,25). The molecule has 1 heterocycles. The third-order valence-electron chi connectivity index (χ3n) is 3.87. The van der Waals surface area contributed by atoms with Gasteiger partial charge in [0.15, 0.2) is 12.4 Å². The zero-order chi connectivity index (χ0) is 20.1. The number of anilines is 1. The van der Waals surface area contributed by atoms with Crippen molar-refractivity contribution >= 4 is 23.3 Å². The third kappa shape index (κ3) is 4.50. The van der Waals surface area contributed by atoms with E-state index in [1.54, 1.807) is 36.4 Å². The number of carbonyl (C=O) groups is 3. The number of benzene rings is 2. The summed E-state index contributed by atoms with van der Waals surface area (Å²) in [5, 5.41) is 2.31. The molecule has 0 unspecified atom stereocenters. The predicted octanol–water partition coefficient (Wildman–Crippen LogP) is 4.08. The highest BCUT2D eigenvalue weighted by Crippen LogP contribution is 2.23. The summed E-state index contributed by atoms with van der Waals surface area (Å²) in [5.41, 5.74) is 1.25. The normalized spacial score (nSPS) is 10.4. The fourth-order valence-electron chi connectivity index (χ4n) is 2.42. The van der Waals surface area contributed by atoms with Crippen LogP contribution in [-0.4, -0.2) is 24.3 Å². The molecule has 0 spiro atoms. The van der Waals surface area contributed by atoms with Crippen LogP contribution in [0.25, 0.3) is 11.3 Å². The lowest BCUT2D eigenvalue weighted by molar-refractivity contribution is -0.119. The number of carbonyl (C=O) groups excluding carboxylic acids is 3. The molecule has 1 N–H and O–H groups in total. The van der Waals surface area contributed by atoms with Gasteiger partial charge in [-0.25, -0.2) is 9.18 Å². The van der Waals surface area contributed by atoms with Gasteiger partial charge < -0.3 is 14.5 Å². The highest BCUT2D eigenvalue weighted by atomic mass is 19.1. The number of esters is 1. The number of hydrogen-bond acceptors (Lipinski definition) is 5. The molecule has 7 heteroatoms. The van der Waals surface area contributed by atoms with Crippen LogP contribution < -0.4 is 5.32 Å². The fourth-order valence-corrected chi connectivity index (χ4v) is 2.42. The lowest BCUT2D eigenvalue weighted by atomic mass is 10.1. The van der Waals surface area contributed by atoms with Crippen LogP contribution in [0.5, 0.6) is 0 Å². The lowest BCUT2D eigenvalue weighted by Gasteiger charge is -2.06. The number of hydrogen-bond donors (Lipinski definition) is 1. The molecule has 28 heavy (non-hydrogen) atoms. The minimum absolute atomic E-state index is 0.00200. The Hall–Kier alpha value is -3.74. The lowest BCUT2D eigenvalue weighted by Crippen LogP contribution is -2.21. The number of ketones is 1. The molecule has 1 amide bonds. The molecule has 0 saturated carbocycles. The molecule has 0 atom stereocenters. The topological polar surface area (TPSA) is 85.6 Å². The molecular weight excluding hydrogens is 365 g/mol. The largest absolute Gasteiger partial charge is 0.450 e. The van der Waals surface area contributed by atoms with Gasteiger partial charge in [-0.1, -0.05) is 36.4 Å². The van der Waals surface area contributed by atoms with E-state index in [9.17, 15) is 18.8 Å². The Balaban J connectivity index is 1.59. The van der Waals surface area contributed by atoms with Crippen molar-refractivity contribution in [1.29, 1.82) is 0 Å². The van der Waals surface area contributed by atoms with E-state index in [0.717, 1.165) is 0 Å². The monoisotopic (exact) mass is 381 g/mol. The van der Waals surface area contributed by atoms with Gasteiger partial charge in [0.1, 0.15) is 11.6 Å². The van der Waals surface area contributed by atoms with Gasteiger partial charge in [-0.05, 0) is 31.2 Å². The maximum Gasteiger partial charge on any atom is 0.374 e. The molecule has 2 aromatic carbocycles. The number of furan rings is 1. The molecule has 0 aliphatic carbocycles. The van der Waals surface area contributed by atoms with Crippen molar-refractivity contribution in [2.45, 2.75) is 6.92 Å². The van der Waals surface area contributed by atoms with Gasteiger partial charge in [-0.15, -0.1) is 0 Å². The van der Waals surface area contributed by atoms with E-state index in [2.05, 4.69) is 5.32 Å². The molecular formula is C21H16FNO5. The van der Waals surface area contributed by atoms with E-state index in [1.807, 2.05) is 0 Å². The molecule has 0 bridgehead atoms. The molecule has 0 aliphatic heterocycles. The predicted molar refractivity (Wildman–Crippen MR) is 99.5 cm³/mol. The number of rotatable bonds is 6. The number of Topliss-reactive ketones (excluding diaryl/α,β-unsaturated/α-hetero) is 1. The first-order chi connectivity index (χ1) is 13.4. The third-order valence-corrected chi connectivity index (χ3v) is 3.87. The summed E-state index contributed by atoms with van der Waals surface area (Å²) in [6.45, 7) is 0.884. The second-order valence-electron chi connectivity index (χ2n) is 5.90. The molecule has 0 aliphatic rings. The molecule has 142 valence electrons. The van der Waals surface area contributed by atoms with Crippen LogP contribution in [0.3, 0.4) is 0 Å². The summed E-state index contributed by atoms with van der Waals surface area (Å²) in [6.07, 6.45) is 0. The molecule has 3 rings (SSSR count). The van der Waals surface area contributed by atoms with Crippen molar-refractivity contribution in [3.8, 4) is 11.3 Å². The molecule has 1 aromatic heterocycles. The zero-order valence-corrected chi connectivity index (χ0v) is 14.9. The average Bonchev–Trinajstić information content (AvgIpc) is 3.18. The van der Waals surface area contributed by atoms with Crippen LogP contribution in [0.1, 0.15) is 27.8 Å². The Morgan fingerprint density at radius 1 is 1.00 bits per heavy atom. The summed E-state index contributed by atoms with van der Waals surface area (Å²) in [5.74, 6) is -1.81. The number of halogens is 1. The smallest absolute Gasteiger partial charge is 0.374 e. The maximum absolute atomic E-state index is 13.5. The molecule has 0 saturated heterocycles. The Bertz CT molecular complexity index is 1020. The fraction of sp³-hybridized carbons (Fsp3) is 0.0952. The Labute approximate surface area is 159 Å². The van der Waals surface area contributed by atoms with Crippen molar-refractivity contribution in [3.63, 3.8) is 0 Å². The van der Waals surface area contributed by atoms with Crippen molar-refractivity contribution in [3.05, 3.63) is 77.8 Å². The van der Waals surface area contributed by atoms with Crippen LogP contribution in [0.4, 0.5) is 10.1 Å². The Morgan fingerprint density at radius 3 is 2.39 bits per heavy atom. The summed E-state index contributed by atoms with van der Waals surface area (Å²) >= 11 is 0. The van der Waals surface area contributed by atoms with Crippen LogP contribution in [0.15, 0.2) is 65.1 Å². The van der Waals surface area contributed by atoms with E-state index in [4.69, 9.17) is 9.15 Å². The maximum atomic E-state index is 13.5. The number of para-hydroxylation sites is 1. The molecule has 0 radical (unpaired) electrons. The Kier molecular flexibility index (Phi) is 5.64. The summed E-state index contributed by atoms with van der Waals surface area (Å²) < 4.78 is 23.8. The van der Waals surface area contributed by atoms with Gasteiger partial charge in [0.2, 0.25) is 5.76 Å². The quantitative estimate of drug-likeness (QED) is 0.514. The van der Waals surface area contributed by atoms with Crippen LogP contribution in [0.2, 0.25) is 0 Å². The molecule has 0 fully saturated rings. The SMILES string of the molecule is CC(=O)c1ccc(-c2ccc(C(=O)OCC(=O)Nc3ccccc3F)o2)cc1. The summed E-state index contributed by atoms with van der Waals surface area (Å²) in [7, 11) is 0. The van der Waals surface area contributed by atoms with Crippen molar-refractivity contribution in [2.75, 3.05) is 11.9 Å². The van der Waals surface area contributed by atoms with Gasteiger partial charge in [0, 0.05) is 11.1 Å².